The zero-order valence-electron chi connectivity index (χ0n) is 11.0. The number of anilines is 1. The number of aryl methyl sites for hydroxylation is 1. The molecule has 5 heteroatoms. The van der Waals surface area contributed by atoms with Crippen molar-refractivity contribution in [3.8, 4) is 0 Å². The van der Waals surface area contributed by atoms with Gasteiger partial charge in [-0.1, -0.05) is 0 Å². The second-order valence-corrected chi connectivity index (χ2v) is 5.03. The van der Waals surface area contributed by atoms with Gasteiger partial charge in [-0.15, -0.1) is 0 Å². The summed E-state index contributed by atoms with van der Waals surface area (Å²) in [6.07, 6.45) is 0. The van der Waals surface area contributed by atoms with Crippen molar-refractivity contribution in [1.29, 1.82) is 0 Å². The van der Waals surface area contributed by atoms with Crippen LogP contribution in [0.25, 0.3) is 0 Å². The van der Waals surface area contributed by atoms with Crippen molar-refractivity contribution in [2.45, 2.75) is 6.92 Å². The van der Waals surface area contributed by atoms with Crippen LogP contribution in [0.5, 0.6) is 0 Å². The van der Waals surface area contributed by atoms with Crippen LogP contribution in [-0.2, 0) is 0 Å². The van der Waals surface area contributed by atoms with E-state index in [0.717, 1.165) is 11.3 Å². The number of carbonyl (C=O) groups excluding carboxylic acids is 1. The normalized spacial score (nSPS) is 10.9. The number of amidine groups is 1. The van der Waals surface area contributed by atoms with Crippen molar-refractivity contribution >= 4 is 32.3 Å². The van der Waals surface area contributed by atoms with Gasteiger partial charge in [0.25, 0.3) is 0 Å². The van der Waals surface area contributed by atoms with E-state index in [1.807, 2.05) is 49.4 Å². The topological polar surface area (TPSA) is 53.5 Å². The van der Waals surface area contributed by atoms with Gasteiger partial charge in [0.2, 0.25) is 0 Å². The number of hydrogen-bond donors (Lipinski definition) is 2. The monoisotopic (exact) mass is 332 g/mol. The summed E-state index contributed by atoms with van der Waals surface area (Å²) in [6.45, 7) is 1.98. The summed E-state index contributed by atoms with van der Waals surface area (Å²) >= 11 is 2.71. The van der Waals surface area contributed by atoms with E-state index in [-0.39, 0.29) is 5.91 Å². The molecule has 0 bridgehead atoms. The van der Waals surface area contributed by atoms with Crippen LogP contribution in [0.4, 0.5) is 5.69 Å². The minimum atomic E-state index is -0.197. The molecule has 2 N–H and O–H groups in total. The molecule has 0 saturated carbocycles. The molecule has 4 nitrogen and oxygen atoms in total. The summed E-state index contributed by atoms with van der Waals surface area (Å²) in [5, 5.41) is 6.74. The van der Waals surface area contributed by atoms with Gasteiger partial charge in [-0.3, -0.25) is 0 Å². The molecular weight excluding hydrogens is 317 g/mol. The number of nitrogens with one attached hydrogen (secondary N) is 2. The first-order valence-electron chi connectivity index (χ1n) is 6.09. The van der Waals surface area contributed by atoms with Crippen LogP contribution in [0.1, 0.15) is 15.9 Å². The number of amides is 1. The Bertz CT molecular complexity index is 609. The van der Waals surface area contributed by atoms with Crippen molar-refractivity contribution in [3.63, 3.8) is 0 Å². The summed E-state index contributed by atoms with van der Waals surface area (Å²) in [4.78, 5) is 11.9. The Morgan fingerprint density at radius 1 is 1.05 bits per heavy atom. The van der Waals surface area contributed by atoms with Gasteiger partial charge < -0.3 is 0 Å². The van der Waals surface area contributed by atoms with Gasteiger partial charge in [0.1, 0.15) is 0 Å². The Hall–Kier alpha value is -2.10. The van der Waals surface area contributed by atoms with E-state index >= 15 is 0 Å². The van der Waals surface area contributed by atoms with Crippen molar-refractivity contribution < 1.29 is 4.79 Å². The molecule has 0 saturated heterocycles. The van der Waals surface area contributed by atoms with E-state index in [4.69, 9.17) is 0 Å². The minimum absolute atomic E-state index is 0.197. The van der Waals surface area contributed by atoms with E-state index < -0.39 is 0 Å². The molecule has 2 aromatic carbocycles. The Kier molecular flexibility index (Phi) is 4.93. The van der Waals surface area contributed by atoms with Crippen molar-refractivity contribution in [3.05, 3.63) is 65.7 Å². The molecule has 1 amide bonds. The molecule has 0 heterocycles. The van der Waals surface area contributed by atoms with Crippen LogP contribution in [-0.4, -0.2) is 26.7 Å². The molecule has 0 aromatic heterocycles. The first kappa shape index (κ1) is 14.3. The second-order valence-electron chi connectivity index (χ2n) is 4.21. The van der Waals surface area contributed by atoms with Crippen LogP contribution in [0.15, 0.2) is 59.7 Å². The second kappa shape index (κ2) is 6.89. The molecule has 0 aliphatic rings. The van der Waals surface area contributed by atoms with E-state index in [9.17, 15) is 4.79 Å². The number of rotatable bonds is 3. The maximum absolute atomic E-state index is 11.9. The quantitative estimate of drug-likeness (QED) is 0.392. The van der Waals surface area contributed by atoms with Gasteiger partial charge >= 0.3 is 126 Å². The molecule has 0 unspecified atom stereocenters. The van der Waals surface area contributed by atoms with Crippen LogP contribution in [0.3, 0.4) is 0 Å². The van der Waals surface area contributed by atoms with Crippen LogP contribution in [0.2, 0.25) is 0 Å². The average Bonchev–Trinajstić information content (AvgIpc) is 2.47. The van der Waals surface area contributed by atoms with Gasteiger partial charge in [-0.2, -0.15) is 0 Å². The average molecular weight is 331 g/mol. The van der Waals surface area contributed by atoms with Gasteiger partial charge in [-0.25, -0.2) is 0 Å². The Balaban J connectivity index is 1.95. The number of carbonyl (C=O) groups is 1. The summed E-state index contributed by atoms with van der Waals surface area (Å²) < 4.78 is 0.388. The molecule has 0 fully saturated rings. The molecule has 2 aromatic rings. The SMILES string of the molecule is Cc1ccc(C(=O)N/C([Se])=N/Nc2ccccc2)cc1. The molecule has 0 atom stereocenters. The summed E-state index contributed by atoms with van der Waals surface area (Å²) in [7, 11) is 0. The Morgan fingerprint density at radius 2 is 1.70 bits per heavy atom. The van der Waals surface area contributed by atoms with Crippen LogP contribution < -0.4 is 10.7 Å². The third-order valence-electron chi connectivity index (χ3n) is 2.59. The molecule has 101 valence electrons. The molecule has 2 rings (SSSR count). The summed E-state index contributed by atoms with van der Waals surface area (Å²) in [6, 6.07) is 16.9. The summed E-state index contributed by atoms with van der Waals surface area (Å²) in [5.74, 6) is -0.197. The zero-order valence-corrected chi connectivity index (χ0v) is 12.7. The zero-order chi connectivity index (χ0) is 14.4. The fourth-order valence-electron chi connectivity index (χ4n) is 1.53. The molecule has 1 radical (unpaired) electrons. The molecule has 0 aliphatic carbocycles. The number of hydrogen-bond acceptors (Lipinski definition) is 3. The van der Waals surface area contributed by atoms with Crippen molar-refractivity contribution in [1.82, 2.24) is 5.32 Å². The van der Waals surface area contributed by atoms with E-state index in [0.29, 0.717) is 10.3 Å². The van der Waals surface area contributed by atoms with Gasteiger partial charge in [0.15, 0.2) is 0 Å². The van der Waals surface area contributed by atoms with Crippen LogP contribution in [0, 0.1) is 6.92 Å². The number of hydrazone groups is 1. The molecule has 0 aliphatic heterocycles. The molecule has 20 heavy (non-hydrogen) atoms. The van der Waals surface area contributed by atoms with E-state index in [2.05, 4.69) is 31.9 Å². The third-order valence-corrected chi connectivity index (χ3v) is 3.00. The van der Waals surface area contributed by atoms with Gasteiger partial charge in [-0.05, 0) is 0 Å². The van der Waals surface area contributed by atoms with Gasteiger partial charge in [0.05, 0.1) is 0 Å². The standard InChI is InChI=1S/C15H14N3OSe/c1-11-7-9-12(10-8-11)14(19)16-15(20)18-17-13-5-3-2-4-6-13/h2-10,17H,1H3,(H,16,18,19). The van der Waals surface area contributed by atoms with Crippen LogP contribution >= 0.6 is 0 Å². The fourth-order valence-corrected chi connectivity index (χ4v) is 1.82. The molecular formula is C15H14N3OSe. The first-order chi connectivity index (χ1) is 9.65. The van der Waals surface area contributed by atoms with Gasteiger partial charge in [0, 0.05) is 0 Å². The first-order valence-corrected chi connectivity index (χ1v) is 6.94. The van der Waals surface area contributed by atoms with E-state index in [1.165, 1.54) is 0 Å². The van der Waals surface area contributed by atoms with Crippen molar-refractivity contribution in [2.24, 2.45) is 5.10 Å². The van der Waals surface area contributed by atoms with Crippen molar-refractivity contribution in [2.75, 3.05) is 5.43 Å². The molecule has 0 spiro atoms. The predicted octanol–water partition coefficient (Wildman–Crippen LogP) is 2.28. The summed E-state index contributed by atoms with van der Waals surface area (Å²) in [5.41, 5.74) is 5.41. The number of nitrogens with zero attached hydrogens (tertiary/aromatic N) is 1. The van der Waals surface area contributed by atoms with E-state index in [1.54, 1.807) is 12.1 Å². The number of para-hydroxylation sites is 1. The predicted molar refractivity (Wildman–Crippen MR) is 81.9 cm³/mol. The fraction of sp³-hybridized carbons (Fsp3) is 0.0667. The number of benzene rings is 2. The maximum atomic E-state index is 11.9. The third kappa shape index (κ3) is 4.23. The Labute approximate surface area is 126 Å². The Morgan fingerprint density at radius 3 is 2.35 bits per heavy atom.